The van der Waals surface area contributed by atoms with Crippen LogP contribution in [0.25, 0.3) is 0 Å². The molecule has 0 spiro atoms. The van der Waals surface area contributed by atoms with Gasteiger partial charge in [0.05, 0.1) is 10.9 Å². The predicted octanol–water partition coefficient (Wildman–Crippen LogP) is 5.85. The van der Waals surface area contributed by atoms with E-state index in [4.69, 9.17) is 16.7 Å². The highest BCUT2D eigenvalue weighted by molar-refractivity contribution is 7.99. The molecule has 1 aliphatic carbocycles. The molecule has 0 radical (unpaired) electrons. The van der Waals surface area contributed by atoms with Crippen molar-refractivity contribution in [1.29, 1.82) is 0 Å². The molecule has 3 rings (SSSR count). The Hall–Kier alpha value is -2.12. The van der Waals surface area contributed by atoms with Crippen molar-refractivity contribution in [3.63, 3.8) is 0 Å². The van der Waals surface area contributed by atoms with Crippen LogP contribution in [0, 0.1) is 23.5 Å². The molecule has 1 aliphatic rings. The lowest BCUT2D eigenvalue weighted by atomic mass is 9.83. The molecule has 2 aromatic rings. The molecular formula is C21H20ClF2NO3S. The van der Waals surface area contributed by atoms with Crippen molar-refractivity contribution in [1.82, 2.24) is 0 Å². The van der Waals surface area contributed by atoms with E-state index in [0.717, 1.165) is 18.9 Å². The number of carbonyl (C=O) groups is 2. The van der Waals surface area contributed by atoms with Crippen LogP contribution in [0.1, 0.15) is 36.0 Å². The van der Waals surface area contributed by atoms with Crippen LogP contribution < -0.4 is 5.32 Å². The van der Waals surface area contributed by atoms with Gasteiger partial charge in [-0.05, 0) is 68.0 Å². The average molecular weight is 440 g/mol. The molecule has 1 fully saturated rings. The Labute approximate surface area is 176 Å². The third-order valence-electron chi connectivity index (χ3n) is 5.04. The zero-order chi connectivity index (χ0) is 21.0. The summed E-state index contributed by atoms with van der Waals surface area (Å²) in [7, 11) is 0. The van der Waals surface area contributed by atoms with Crippen LogP contribution in [0.3, 0.4) is 0 Å². The summed E-state index contributed by atoms with van der Waals surface area (Å²) in [6, 6.07) is 7.98. The molecule has 8 heteroatoms. The number of carboxylic acid groups (broad SMARTS) is 1. The van der Waals surface area contributed by atoms with Crippen molar-refractivity contribution in [3.8, 4) is 0 Å². The van der Waals surface area contributed by atoms with Crippen molar-refractivity contribution in [2.24, 2.45) is 11.8 Å². The Morgan fingerprint density at radius 3 is 2.41 bits per heavy atom. The fraction of sp³-hybridized carbons (Fsp3) is 0.333. The van der Waals surface area contributed by atoms with Gasteiger partial charge in [0, 0.05) is 21.9 Å². The first kappa shape index (κ1) is 21.6. The minimum Gasteiger partial charge on any atom is -0.481 e. The second kappa shape index (κ2) is 9.59. The number of halogens is 3. The molecular weight excluding hydrogens is 420 g/mol. The van der Waals surface area contributed by atoms with E-state index in [-0.39, 0.29) is 16.5 Å². The molecule has 29 heavy (non-hydrogen) atoms. The van der Waals surface area contributed by atoms with E-state index in [1.54, 1.807) is 0 Å². The van der Waals surface area contributed by atoms with Crippen molar-refractivity contribution in [2.75, 3.05) is 11.1 Å². The van der Waals surface area contributed by atoms with Crippen molar-refractivity contribution < 1.29 is 23.5 Å². The smallest absolute Gasteiger partial charge is 0.306 e. The second-order valence-corrected chi connectivity index (χ2v) is 8.56. The second-order valence-electron chi connectivity index (χ2n) is 7.10. The molecule has 2 N–H and O–H groups in total. The number of hydrogen-bond donors (Lipinski definition) is 2. The summed E-state index contributed by atoms with van der Waals surface area (Å²) in [4.78, 5) is 23.8. The molecule has 0 saturated heterocycles. The van der Waals surface area contributed by atoms with Gasteiger partial charge >= 0.3 is 5.97 Å². The number of aliphatic carboxylic acids is 1. The highest BCUT2D eigenvalue weighted by atomic mass is 35.5. The third-order valence-corrected chi connectivity index (χ3v) is 6.59. The number of anilines is 1. The Morgan fingerprint density at radius 1 is 1.07 bits per heavy atom. The molecule has 0 heterocycles. The quantitative estimate of drug-likeness (QED) is 0.554. The molecule has 4 nitrogen and oxygen atoms in total. The summed E-state index contributed by atoms with van der Waals surface area (Å²) in [5.41, 5.74) is 0.624. The fourth-order valence-electron chi connectivity index (χ4n) is 3.32. The zero-order valence-corrected chi connectivity index (χ0v) is 17.0. The lowest BCUT2D eigenvalue weighted by Gasteiger charge is -2.25. The molecule has 0 unspecified atom stereocenters. The highest BCUT2D eigenvalue weighted by Crippen LogP contribution is 2.34. The Bertz CT molecular complexity index is 917. The summed E-state index contributed by atoms with van der Waals surface area (Å²) in [6.07, 6.45) is 2.89. The maximum atomic E-state index is 14.2. The number of benzene rings is 2. The van der Waals surface area contributed by atoms with Gasteiger partial charge in [0.15, 0.2) is 0 Å². The van der Waals surface area contributed by atoms with Crippen LogP contribution in [-0.2, 0) is 4.79 Å². The Kier molecular flexibility index (Phi) is 7.14. The number of rotatable bonds is 6. The molecule has 0 aromatic heterocycles. The molecule has 2 aromatic carbocycles. The van der Waals surface area contributed by atoms with Crippen molar-refractivity contribution >= 4 is 40.9 Å². The number of carboxylic acids is 1. The fourth-order valence-corrected chi connectivity index (χ4v) is 4.66. The number of amides is 1. The normalized spacial score (nSPS) is 19.0. The molecule has 1 saturated carbocycles. The summed E-state index contributed by atoms with van der Waals surface area (Å²) < 4.78 is 27.4. The minimum absolute atomic E-state index is 0.101. The van der Waals surface area contributed by atoms with Crippen LogP contribution in [0.2, 0.25) is 5.02 Å². The van der Waals surface area contributed by atoms with Crippen molar-refractivity contribution in [2.45, 2.75) is 30.6 Å². The van der Waals surface area contributed by atoms with Gasteiger partial charge in [0.25, 0.3) is 5.91 Å². The first-order valence-electron chi connectivity index (χ1n) is 9.25. The minimum atomic E-state index is -0.747. The molecule has 0 atom stereocenters. The lowest BCUT2D eigenvalue weighted by Crippen LogP contribution is -2.22. The number of nitrogens with one attached hydrogen (secondary N) is 1. The number of carbonyl (C=O) groups excluding carboxylic acids is 1. The van der Waals surface area contributed by atoms with Crippen LogP contribution in [0.15, 0.2) is 41.3 Å². The van der Waals surface area contributed by atoms with E-state index in [0.29, 0.717) is 35.1 Å². The maximum Gasteiger partial charge on any atom is 0.306 e. The topological polar surface area (TPSA) is 66.4 Å². The summed E-state index contributed by atoms with van der Waals surface area (Å²) in [5, 5.41) is 11.6. The van der Waals surface area contributed by atoms with Crippen LogP contribution in [0.5, 0.6) is 0 Å². The summed E-state index contributed by atoms with van der Waals surface area (Å²) in [5.74, 6) is -1.46. The summed E-state index contributed by atoms with van der Waals surface area (Å²) >= 11 is 7.05. The predicted molar refractivity (Wildman–Crippen MR) is 110 cm³/mol. The van der Waals surface area contributed by atoms with Gasteiger partial charge in [-0.25, -0.2) is 8.78 Å². The van der Waals surface area contributed by atoms with E-state index in [1.807, 2.05) is 0 Å². The average Bonchev–Trinajstić information content (AvgIpc) is 2.70. The third kappa shape index (κ3) is 5.70. The monoisotopic (exact) mass is 439 g/mol. The van der Waals surface area contributed by atoms with Crippen LogP contribution in [0.4, 0.5) is 14.5 Å². The van der Waals surface area contributed by atoms with E-state index in [9.17, 15) is 18.4 Å². The van der Waals surface area contributed by atoms with Gasteiger partial charge in [-0.3, -0.25) is 9.59 Å². The molecule has 0 aliphatic heterocycles. The number of hydrogen-bond acceptors (Lipinski definition) is 3. The van der Waals surface area contributed by atoms with Gasteiger partial charge in [0.1, 0.15) is 11.6 Å². The maximum absolute atomic E-state index is 14.2. The van der Waals surface area contributed by atoms with Gasteiger partial charge in [0.2, 0.25) is 0 Å². The van der Waals surface area contributed by atoms with Crippen molar-refractivity contribution in [3.05, 3.63) is 58.6 Å². The highest BCUT2D eigenvalue weighted by Gasteiger charge is 2.26. The first-order chi connectivity index (χ1) is 13.8. The van der Waals surface area contributed by atoms with E-state index >= 15 is 0 Å². The SMILES string of the molecule is O=C(Nc1ccc(F)c(Cl)c1)c1ccc(F)c(SCC2CCC(C(=O)O)CC2)c1. The lowest BCUT2D eigenvalue weighted by molar-refractivity contribution is -0.143. The van der Waals surface area contributed by atoms with Gasteiger partial charge in [-0.15, -0.1) is 11.8 Å². The molecule has 154 valence electrons. The van der Waals surface area contributed by atoms with E-state index < -0.39 is 23.5 Å². The summed E-state index contributed by atoms with van der Waals surface area (Å²) in [6.45, 7) is 0. The first-order valence-corrected chi connectivity index (χ1v) is 10.6. The van der Waals surface area contributed by atoms with Crippen LogP contribution >= 0.6 is 23.4 Å². The van der Waals surface area contributed by atoms with E-state index in [2.05, 4.69) is 5.32 Å². The number of thioether (sulfide) groups is 1. The zero-order valence-electron chi connectivity index (χ0n) is 15.5. The van der Waals surface area contributed by atoms with Gasteiger partial charge < -0.3 is 10.4 Å². The Balaban J connectivity index is 1.61. The largest absolute Gasteiger partial charge is 0.481 e. The molecule has 1 amide bonds. The van der Waals surface area contributed by atoms with Gasteiger partial charge in [-0.1, -0.05) is 11.6 Å². The van der Waals surface area contributed by atoms with Crippen LogP contribution in [-0.4, -0.2) is 22.7 Å². The molecule has 0 bridgehead atoms. The standard InChI is InChI=1S/C21H20ClF2NO3S/c22-16-10-15(6-8-17(16)23)25-20(26)14-5-7-18(24)19(9-14)29-11-12-1-3-13(4-2-12)21(27)28/h5-10,12-13H,1-4,11H2,(H,25,26)(H,27,28). The van der Waals surface area contributed by atoms with Gasteiger partial charge in [-0.2, -0.15) is 0 Å². The Morgan fingerprint density at radius 2 is 1.76 bits per heavy atom. The van der Waals surface area contributed by atoms with E-state index in [1.165, 1.54) is 42.1 Å².